The van der Waals surface area contributed by atoms with Crippen molar-refractivity contribution in [1.82, 2.24) is 0 Å². The fourth-order valence-corrected chi connectivity index (χ4v) is 1.57. The Morgan fingerprint density at radius 1 is 1.56 bits per heavy atom. The summed E-state index contributed by atoms with van der Waals surface area (Å²) >= 11 is 2.78. The molecule has 0 bridgehead atoms. The van der Waals surface area contributed by atoms with Crippen molar-refractivity contribution < 1.29 is 23.4 Å². The van der Waals surface area contributed by atoms with Crippen LogP contribution in [-0.2, 0) is 9.53 Å². The molecule has 0 heterocycles. The molecule has 1 atom stereocenters. The Morgan fingerprint density at radius 2 is 2.19 bits per heavy atom. The van der Waals surface area contributed by atoms with Crippen LogP contribution in [0.1, 0.15) is 18.6 Å². The van der Waals surface area contributed by atoms with Crippen LogP contribution in [0.5, 0.6) is 0 Å². The van der Waals surface area contributed by atoms with Crippen LogP contribution in [0.4, 0.5) is 8.78 Å². The number of carbonyl (C=O) groups excluding carboxylic acids is 1. The summed E-state index contributed by atoms with van der Waals surface area (Å²) in [5.74, 6) is -2.66. The molecule has 1 unspecified atom stereocenters. The van der Waals surface area contributed by atoms with E-state index in [0.717, 1.165) is 12.1 Å². The van der Waals surface area contributed by atoms with Crippen molar-refractivity contribution >= 4 is 21.9 Å². The van der Waals surface area contributed by atoms with Gasteiger partial charge in [-0.15, -0.1) is 0 Å². The topological polar surface area (TPSA) is 46.5 Å². The van der Waals surface area contributed by atoms with Crippen molar-refractivity contribution in [2.24, 2.45) is 0 Å². The smallest absolute Gasteiger partial charge is 0.339 e. The standard InChI is InChI=1S/C10H9BrF2O3/c1-2-16-10(15)9(14)6-3-5(12)4-7(11)8(6)13/h3-4,9,14H,2H2,1H3. The zero-order chi connectivity index (χ0) is 12.3. The molecule has 0 saturated carbocycles. The summed E-state index contributed by atoms with van der Waals surface area (Å²) in [4.78, 5) is 11.1. The summed E-state index contributed by atoms with van der Waals surface area (Å²) in [7, 11) is 0. The van der Waals surface area contributed by atoms with E-state index in [4.69, 9.17) is 0 Å². The summed E-state index contributed by atoms with van der Waals surface area (Å²) in [5, 5.41) is 9.45. The molecule has 16 heavy (non-hydrogen) atoms. The third kappa shape index (κ3) is 2.76. The van der Waals surface area contributed by atoms with E-state index in [0.29, 0.717) is 0 Å². The predicted octanol–water partition coefficient (Wildman–Crippen LogP) is 2.32. The molecule has 6 heteroatoms. The highest BCUT2D eigenvalue weighted by molar-refractivity contribution is 9.10. The average Bonchev–Trinajstić information content (AvgIpc) is 2.22. The fraction of sp³-hybridized carbons (Fsp3) is 0.300. The van der Waals surface area contributed by atoms with E-state index in [9.17, 15) is 18.7 Å². The number of halogens is 3. The number of benzene rings is 1. The van der Waals surface area contributed by atoms with Gasteiger partial charge in [-0.25, -0.2) is 13.6 Å². The molecule has 0 spiro atoms. The molecule has 0 aliphatic rings. The van der Waals surface area contributed by atoms with Crippen LogP contribution >= 0.6 is 15.9 Å². The van der Waals surface area contributed by atoms with Crippen molar-refractivity contribution in [2.75, 3.05) is 6.61 Å². The molecule has 1 aromatic rings. The van der Waals surface area contributed by atoms with Crippen LogP contribution in [0, 0.1) is 11.6 Å². The SMILES string of the molecule is CCOC(=O)C(O)c1cc(F)cc(Br)c1F. The Kier molecular flexibility index (Phi) is 4.37. The third-order valence-corrected chi connectivity index (χ3v) is 2.40. The quantitative estimate of drug-likeness (QED) is 0.687. The van der Waals surface area contributed by atoms with Gasteiger partial charge in [0.05, 0.1) is 11.1 Å². The molecule has 1 rings (SSSR count). The number of esters is 1. The van der Waals surface area contributed by atoms with Gasteiger partial charge in [-0.3, -0.25) is 0 Å². The van der Waals surface area contributed by atoms with Crippen LogP contribution < -0.4 is 0 Å². The van der Waals surface area contributed by atoms with Gasteiger partial charge in [-0.1, -0.05) is 0 Å². The van der Waals surface area contributed by atoms with Crippen LogP contribution in [0.25, 0.3) is 0 Å². The van der Waals surface area contributed by atoms with E-state index in [-0.39, 0.29) is 11.1 Å². The summed E-state index contributed by atoms with van der Waals surface area (Å²) in [6.45, 7) is 1.59. The van der Waals surface area contributed by atoms with Gasteiger partial charge in [0, 0.05) is 5.56 Å². The highest BCUT2D eigenvalue weighted by atomic mass is 79.9. The summed E-state index contributed by atoms with van der Waals surface area (Å²) in [5.41, 5.74) is -0.453. The molecular weight excluding hydrogens is 286 g/mol. The zero-order valence-corrected chi connectivity index (χ0v) is 9.92. The monoisotopic (exact) mass is 294 g/mol. The van der Waals surface area contributed by atoms with E-state index < -0.39 is 29.3 Å². The minimum atomic E-state index is -1.83. The lowest BCUT2D eigenvalue weighted by molar-refractivity contribution is -0.153. The van der Waals surface area contributed by atoms with Crippen molar-refractivity contribution in [3.05, 3.63) is 33.8 Å². The molecule has 0 aromatic heterocycles. The van der Waals surface area contributed by atoms with E-state index >= 15 is 0 Å². The van der Waals surface area contributed by atoms with Gasteiger partial charge in [0.1, 0.15) is 11.6 Å². The lowest BCUT2D eigenvalue weighted by Gasteiger charge is -2.11. The van der Waals surface area contributed by atoms with Gasteiger partial charge in [-0.05, 0) is 35.0 Å². The molecule has 0 aliphatic carbocycles. The van der Waals surface area contributed by atoms with Gasteiger partial charge in [0.25, 0.3) is 0 Å². The number of aliphatic hydroxyl groups excluding tert-OH is 1. The largest absolute Gasteiger partial charge is 0.464 e. The van der Waals surface area contributed by atoms with E-state index in [1.54, 1.807) is 6.92 Å². The predicted molar refractivity (Wildman–Crippen MR) is 55.7 cm³/mol. The van der Waals surface area contributed by atoms with Gasteiger partial charge >= 0.3 is 5.97 Å². The second kappa shape index (κ2) is 5.36. The zero-order valence-electron chi connectivity index (χ0n) is 8.34. The van der Waals surface area contributed by atoms with Gasteiger partial charge < -0.3 is 9.84 Å². The Hall–Kier alpha value is -1.01. The van der Waals surface area contributed by atoms with Crippen molar-refractivity contribution in [1.29, 1.82) is 0 Å². The summed E-state index contributed by atoms with van der Waals surface area (Å²) < 4.78 is 30.7. The normalized spacial score (nSPS) is 12.3. The lowest BCUT2D eigenvalue weighted by Crippen LogP contribution is -2.17. The van der Waals surface area contributed by atoms with Gasteiger partial charge in [-0.2, -0.15) is 0 Å². The molecule has 0 aliphatic heterocycles. The van der Waals surface area contributed by atoms with Gasteiger partial charge in [0.2, 0.25) is 0 Å². The first-order chi connectivity index (χ1) is 7.47. The van der Waals surface area contributed by atoms with E-state index in [2.05, 4.69) is 20.7 Å². The molecule has 1 aromatic carbocycles. The van der Waals surface area contributed by atoms with Crippen LogP contribution in [0.3, 0.4) is 0 Å². The van der Waals surface area contributed by atoms with E-state index in [1.807, 2.05) is 0 Å². The summed E-state index contributed by atoms with van der Waals surface area (Å²) in [6.07, 6.45) is -1.83. The highest BCUT2D eigenvalue weighted by Crippen LogP contribution is 2.26. The molecule has 0 amide bonds. The second-order valence-electron chi connectivity index (χ2n) is 2.95. The fourth-order valence-electron chi connectivity index (χ4n) is 1.12. The number of aliphatic hydroxyl groups is 1. The average molecular weight is 295 g/mol. The van der Waals surface area contributed by atoms with Crippen molar-refractivity contribution in [3.8, 4) is 0 Å². The molecule has 3 nitrogen and oxygen atoms in total. The molecule has 0 radical (unpaired) electrons. The Bertz CT molecular complexity index is 409. The Morgan fingerprint density at radius 3 is 2.75 bits per heavy atom. The molecule has 88 valence electrons. The molecule has 0 fully saturated rings. The van der Waals surface area contributed by atoms with Crippen LogP contribution in [-0.4, -0.2) is 17.7 Å². The second-order valence-corrected chi connectivity index (χ2v) is 3.80. The lowest BCUT2D eigenvalue weighted by atomic mass is 10.1. The third-order valence-electron chi connectivity index (χ3n) is 1.83. The van der Waals surface area contributed by atoms with Crippen molar-refractivity contribution in [3.63, 3.8) is 0 Å². The minimum absolute atomic E-state index is 0.0496. The summed E-state index contributed by atoms with van der Waals surface area (Å²) in [6, 6.07) is 1.65. The number of rotatable bonds is 3. The van der Waals surface area contributed by atoms with Crippen LogP contribution in [0.15, 0.2) is 16.6 Å². The first kappa shape index (κ1) is 13.1. The van der Waals surface area contributed by atoms with Crippen LogP contribution in [0.2, 0.25) is 0 Å². The van der Waals surface area contributed by atoms with E-state index in [1.165, 1.54) is 0 Å². The number of hydrogen-bond acceptors (Lipinski definition) is 3. The maximum atomic E-state index is 13.5. The maximum absolute atomic E-state index is 13.5. The number of carbonyl (C=O) groups is 1. The minimum Gasteiger partial charge on any atom is -0.464 e. The first-order valence-corrected chi connectivity index (χ1v) is 5.25. The Labute approximate surface area is 99.2 Å². The number of hydrogen-bond donors (Lipinski definition) is 1. The molecule has 0 saturated heterocycles. The molecular formula is C10H9BrF2O3. The Balaban J connectivity index is 3.08. The maximum Gasteiger partial charge on any atom is 0.339 e. The highest BCUT2D eigenvalue weighted by Gasteiger charge is 2.24. The molecule has 1 N–H and O–H groups in total. The number of ether oxygens (including phenoxy) is 1. The van der Waals surface area contributed by atoms with Gasteiger partial charge in [0.15, 0.2) is 6.10 Å². The van der Waals surface area contributed by atoms with Crippen molar-refractivity contribution in [2.45, 2.75) is 13.0 Å². The first-order valence-electron chi connectivity index (χ1n) is 4.46.